The fourth-order valence-electron chi connectivity index (χ4n) is 8.25. The van der Waals surface area contributed by atoms with Crippen molar-refractivity contribution in [3.63, 3.8) is 0 Å². The molecule has 5 aliphatic rings. The minimum atomic E-state index is -1.62. The van der Waals surface area contributed by atoms with Crippen LogP contribution in [-0.2, 0) is 14.0 Å². The Kier molecular flexibility index (Phi) is 3.60. The molecule has 0 bridgehead atoms. The summed E-state index contributed by atoms with van der Waals surface area (Å²) in [4.78, 5) is 25.0. The van der Waals surface area contributed by atoms with Crippen molar-refractivity contribution in [2.45, 2.75) is 84.0 Å². The predicted octanol–water partition coefficient (Wildman–Crippen LogP) is 4.61. The zero-order chi connectivity index (χ0) is 18.5. The smallest absolute Gasteiger partial charge is 0.184 e. The molecule has 8 atom stereocenters. The molecule has 0 radical (unpaired) electrons. The molecular formula is C22H34O3Si. The Hall–Kier alpha value is -0.483. The van der Waals surface area contributed by atoms with Crippen LogP contribution in [0.2, 0.25) is 19.6 Å². The normalized spacial score (nSPS) is 52.8. The van der Waals surface area contributed by atoms with Crippen molar-refractivity contribution in [2.75, 3.05) is 0 Å². The summed E-state index contributed by atoms with van der Waals surface area (Å²) in [5, 5.41) is 0. The fraction of sp³-hybridized carbons (Fsp3) is 0.909. The Morgan fingerprint density at radius 2 is 1.73 bits per heavy atom. The summed E-state index contributed by atoms with van der Waals surface area (Å²) >= 11 is 0. The monoisotopic (exact) mass is 374 g/mol. The van der Waals surface area contributed by atoms with Gasteiger partial charge >= 0.3 is 0 Å². The summed E-state index contributed by atoms with van der Waals surface area (Å²) in [6.07, 6.45) is 8.50. The summed E-state index contributed by atoms with van der Waals surface area (Å²) in [5.41, 5.74) is 0.235. The van der Waals surface area contributed by atoms with Crippen LogP contribution in [0.15, 0.2) is 0 Å². The van der Waals surface area contributed by atoms with Crippen LogP contribution < -0.4 is 0 Å². The van der Waals surface area contributed by atoms with Gasteiger partial charge in [-0.2, -0.15) is 0 Å². The van der Waals surface area contributed by atoms with E-state index in [0.29, 0.717) is 47.3 Å². The molecule has 1 spiro atoms. The Labute approximate surface area is 158 Å². The van der Waals surface area contributed by atoms with E-state index in [1.54, 1.807) is 0 Å². The van der Waals surface area contributed by atoms with Crippen molar-refractivity contribution < 1.29 is 14.0 Å². The molecule has 2 unspecified atom stereocenters. The van der Waals surface area contributed by atoms with Gasteiger partial charge in [0.15, 0.2) is 8.32 Å². The third-order valence-electron chi connectivity index (χ3n) is 9.14. The van der Waals surface area contributed by atoms with Gasteiger partial charge in [-0.15, -0.1) is 0 Å². The number of hydrogen-bond acceptors (Lipinski definition) is 3. The van der Waals surface area contributed by atoms with Crippen LogP contribution in [0.4, 0.5) is 0 Å². The number of ketones is 2. The number of carbonyl (C=O) groups excluding carboxylic acids is 2. The second-order valence-corrected chi connectivity index (χ2v) is 15.7. The molecule has 0 N–H and O–H groups in total. The van der Waals surface area contributed by atoms with Crippen LogP contribution in [0.1, 0.15) is 58.3 Å². The van der Waals surface area contributed by atoms with Crippen LogP contribution in [0, 0.1) is 40.4 Å². The van der Waals surface area contributed by atoms with E-state index in [1.807, 2.05) is 0 Å². The van der Waals surface area contributed by atoms with Crippen LogP contribution >= 0.6 is 0 Å². The van der Waals surface area contributed by atoms with Gasteiger partial charge in [0.25, 0.3) is 0 Å². The van der Waals surface area contributed by atoms with E-state index in [9.17, 15) is 9.59 Å². The van der Waals surface area contributed by atoms with E-state index in [0.717, 1.165) is 32.1 Å². The van der Waals surface area contributed by atoms with Crippen molar-refractivity contribution in [3.05, 3.63) is 0 Å². The van der Waals surface area contributed by atoms with Crippen LogP contribution in [-0.4, -0.2) is 26.0 Å². The lowest BCUT2D eigenvalue weighted by atomic mass is 9.49. The van der Waals surface area contributed by atoms with E-state index in [2.05, 4.69) is 26.6 Å². The van der Waals surface area contributed by atoms with E-state index in [-0.39, 0.29) is 10.8 Å². The molecule has 5 saturated carbocycles. The maximum Gasteiger partial charge on any atom is 0.184 e. The van der Waals surface area contributed by atoms with Gasteiger partial charge in [0.1, 0.15) is 11.6 Å². The highest BCUT2D eigenvalue weighted by atomic mass is 28.4. The molecule has 0 aromatic heterocycles. The van der Waals surface area contributed by atoms with Crippen LogP contribution in [0.5, 0.6) is 0 Å². The maximum absolute atomic E-state index is 12.6. The van der Waals surface area contributed by atoms with E-state index in [1.165, 1.54) is 19.3 Å². The summed E-state index contributed by atoms with van der Waals surface area (Å²) < 4.78 is 6.73. The van der Waals surface area contributed by atoms with E-state index >= 15 is 0 Å². The zero-order valence-electron chi connectivity index (χ0n) is 16.8. The van der Waals surface area contributed by atoms with Crippen molar-refractivity contribution in [3.8, 4) is 0 Å². The van der Waals surface area contributed by atoms with Crippen molar-refractivity contribution in [2.24, 2.45) is 40.4 Å². The summed E-state index contributed by atoms with van der Waals surface area (Å²) in [5.74, 6) is 4.03. The summed E-state index contributed by atoms with van der Waals surface area (Å²) in [7, 11) is -1.62. The van der Waals surface area contributed by atoms with E-state index in [4.69, 9.17) is 4.43 Å². The lowest BCUT2D eigenvalue weighted by Gasteiger charge is -2.55. The average Bonchev–Trinajstić information content (AvgIpc) is 3.03. The molecule has 0 amide bonds. The first-order valence-corrected chi connectivity index (χ1v) is 14.3. The topological polar surface area (TPSA) is 43.4 Å². The first kappa shape index (κ1) is 17.6. The first-order chi connectivity index (χ1) is 12.2. The van der Waals surface area contributed by atoms with Crippen molar-refractivity contribution >= 4 is 19.9 Å². The third kappa shape index (κ3) is 2.15. The lowest BCUT2D eigenvalue weighted by Crippen LogP contribution is -2.51. The molecule has 144 valence electrons. The second-order valence-electron chi connectivity index (χ2n) is 11.3. The fourth-order valence-corrected chi connectivity index (χ4v) is 9.38. The molecular weight excluding hydrogens is 340 g/mol. The molecule has 5 fully saturated rings. The lowest BCUT2D eigenvalue weighted by molar-refractivity contribution is -0.136. The molecule has 0 aliphatic heterocycles. The van der Waals surface area contributed by atoms with Crippen LogP contribution in [0.25, 0.3) is 0 Å². The Bertz CT molecular complexity index is 667. The molecule has 4 heteroatoms. The van der Waals surface area contributed by atoms with Gasteiger partial charge in [0.2, 0.25) is 0 Å². The first-order valence-electron chi connectivity index (χ1n) is 10.9. The Balaban J connectivity index is 1.50. The molecule has 5 aliphatic carbocycles. The van der Waals surface area contributed by atoms with Gasteiger partial charge < -0.3 is 4.43 Å². The molecule has 0 saturated heterocycles. The van der Waals surface area contributed by atoms with Crippen molar-refractivity contribution in [1.29, 1.82) is 0 Å². The van der Waals surface area contributed by atoms with Gasteiger partial charge in [0.05, 0.1) is 6.10 Å². The quantitative estimate of drug-likeness (QED) is 0.663. The maximum atomic E-state index is 12.6. The van der Waals surface area contributed by atoms with E-state index < -0.39 is 8.32 Å². The predicted molar refractivity (Wildman–Crippen MR) is 103 cm³/mol. The largest absolute Gasteiger partial charge is 0.414 e. The zero-order valence-corrected chi connectivity index (χ0v) is 17.8. The molecule has 0 aromatic carbocycles. The number of fused-ring (bicyclic) bond motifs is 3. The van der Waals surface area contributed by atoms with Gasteiger partial charge in [0, 0.05) is 30.1 Å². The van der Waals surface area contributed by atoms with Gasteiger partial charge in [-0.1, -0.05) is 6.92 Å². The Morgan fingerprint density at radius 1 is 0.962 bits per heavy atom. The van der Waals surface area contributed by atoms with Gasteiger partial charge in [-0.3, -0.25) is 9.59 Å². The third-order valence-corrected chi connectivity index (χ3v) is 10.1. The number of rotatable bonds is 2. The Morgan fingerprint density at radius 3 is 2.46 bits per heavy atom. The average molecular weight is 375 g/mol. The standard InChI is InChI=1S/C22H34O3Si/c1-21-10-9-17-15(16(21)7-8-19(21)24)6-5-13-11-14(23)12-18-20(22(13,17)18)25-26(2,3)4/h13,15-18,20H,5-12H2,1-4H3/t13-,15-,16-,17-,18-,20?,21-,22?/m0/s1. The minimum absolute atomic E-state index is 0.0470. The highest BCUT2D eigenvalue weighted by Gasteiger charge is 2.77. The van der Waals surface area contributed by atoms with Crippen molar-refractivity contribution in [1.82, 2.24) is 0 Å². The number of hydrogen-bond donors (Lipinski definition) is 0. The molecule has 26 heavy (non-hydrogen) atoms. The molecule has 3 nitrogen and oxygen atoms in total. The highest BCUT2D eigenvalue weighted by molar-refractivity contribution is 6.69. The van der Waals surface area contributed by atoms with Crippen LogP contribution in [0.3, 0.4) is 0 Å². The summed E-state index contributed by atoms with van der Waals surface area (Å²) in [6.45, 7) is 9.13. The van der Waals surface area contributed by atoms with Gasteiger partial charge in [-0.05, 0) is 81.3 Å². The molecule has 5 rings (SSSR count). The number of carbonyl (C=O) groups is 2. The summed E-state index contributed by atoms with van der Waals surface area (Å²) in [6, 6.07) is 0. The molecule has 0 heterocycles. The SMILES string of the molecule is C[C@]12CC[C@H]3[C@@H](CC[C@H]4CC(=O)C[C@H]5C(O[Si](C)(C)C)C453)[C@@H]1CCC2=O. The minimum Gasteiger partial charge on any atom is -0.414 e. The second kappa shape index (κ2) is 5.31. The molecule has 0 aromatic rings. The highest BCUT2D eigenvalue weighted by Crippen LogP contribution is 2.77. The number of Topliss-reactive ketones (excluding diaryl/α,β-unsaturated/α-hetero) is 2. The van der Waals surface area contributed by atoms with Gasteiger partial charge in [-0.25, -0.2) is 0 Å².